The third-order valence-corrected chi connectivity index (χ3v) is 4.55. The van der Waals surface area contributed by atoms with Gasteiger partial charge in [-0.05, 0) is 30.7 Å². The van der Waals surface area contributed by atoms with Gasteiger partial charge in [0, 0.05) is 57.5 Å². The number of carbonyl (C=O) groups excluding carboxylic acids is 1. The van der Waals surface area contributed by atoms with Crippen LogP contribution in [0.1, 0.15) is 30.7 Å². The van der Waals surface area contributed by atoms with Crippen molar-refractivity contribution >= 4 is 5.91 Å². The van der Waals surface area contributed by atoms with E-state index in [4.69, 9.17) is 4.42 Å². The minimum atomic E-state index is 0.218. The summed E-state index contributed by atoms with van der Waals surface area (Å²) in [6, 6.07) is 8.20. The summed E-state index contributed by atoms with van der Waals surface area (Å²) in [5.41, 5.74) is 1.23. The maximum absolute atomic E-state index is 12.3. The molecule has 1 amide bonds. The molecule has 3 heterocycles. The first-order valence-corrected chi connectivity index (χ1v) is 8.18. The van der Waals surface area contributed by atoms with E-state index in [1.54, 1.807) is 12.5 Å². The van der Waals surface area contributed by atoms with Crippen molar-refractivity contribution in [2.75, 3.05) is 26.2 Å². The molecule has 5 heteroatoms. The monoisotopic (exact) mass is 313 g/mol. The van der Waals surface area contributed by atoms with Crippen LogP contribution in [0, 0.1) is 0 Å². The summed E-state index contributed by atoms with van der Waals surface area (Å²) in [6.07, 6.45) is 6.57. The van der Waals surface area contributed by atoms with Gasteiger partial charge in [-0.3, -0.25) is 14.7 Å². The second kappa shape index (κ2) is 7.42. The Balaban J connectivity index is 1.47. The van der Waals surface area contributed by atoms with Crippen molar-refractivity contribution in [3.63, 3.8) is 0 Å². The number of piperazine rings is 1. The summed E-state index contributed by atoms with van der Waals surface area (Å²) >= 11 is 0. The first-order valence-electron chi connectivity index (χ1n) is 8.18. The molecule has 1 unspecified atom stereocenters. The lowest BCUT2D eigenvalue weighted by molar-refractivity contribution is -0.133. The average Bonchev–Trinajstić information content (AvgIpc) is 3.13. The van der Waals surface area contributed by atoms with Gasteiger partial charge >= 0.3 is 0 Å². The highest BCUT2D eigenvalue weighted by molar-refractivity contribution is 5.76. The lowest BCUT2D eigenvalue weighted by Crippen LogP contribution is -2.49. The molecule has 0 saturated carbocycles. The van der Waals surface area contributed by atoms with Crippen LogP contribution in [0.2, 0.25) is 0 Å². The Morgan fingerprint density at radius 3 is 2.74 bits per heavy atom. The largest absolute Gasteiger partial charge is 0.469 e. The van der Waals surface area contributed by atoms with Gasteiger partial charge in [0.25, 0.3) is 0 Å². The minimum Gasteiger partial charge on any atom is -0.469 e. The molecule has 122 valence electrons. The fourth-order valence-electron chi connectivity index (χ4n) is 3.04. The topological polar surface area (TPSA) is 49.6 Å². The Bertz CT molecular complexity index is 604. The molecule has 3 rings (SSSR count). The predicted molar refractivity (Wildman–Crippen MR) is 87.8 cm³/mol. The fraction of sp³-hybridized carbons (Fsp3) is 0.444. The van der Waals surface area contributed by atoms with Crippen molar-refractivity contribution in [2.45, 2.75) is 25.8 Å². The van der Waals surface area contributed by atoms with E-state index in [1.165, 1.54) is 5.56 Å². The van der Waals surface area contributed by atoms with E-state index < -0.39 is 0 Å². The summed E-state index contributed by atoms with van der Waals surface area (Å²) in [6.45, 7) is 5.60. The SMILES string of the molecule is CC(c1cccnc1)N1CCN(C(=O)CCc2ccco2)CC1. The Morgan fingerprint density at radius 1 is 1.26 bits per heavy atom. The standard InChI is InChI=1S/C18H23N3O2/c1-15(16-4-2-8-19-14-16)20-9-11-21(12-10-20)18(22)7-6-17-5-3-13-23-17/h2-5,8,13-15H,6-7,9-12H2,1H3. The molecule has 1 aliphatic rings. The molecule has 0 bridgehead atoms. The Hall–Kier alpha value is -2.14. The number of furan rings is 1. The van der Waals surface area contributed by atoms with Gasteiger partial charge in [0.15, 0.2) is 0 Å². The smallest absolute Gasteiger partial charge is 0.223 e. The first-order chi connectivity index (χ1) is 11.2. The van der Waals surface area contributed by atoms with Crippen LogP contribution in [-0.4, -0.2) is 46.9 Å². The highest BCUT2D eigenvalue weighted by Gasteiger charge is 2.24. The van der Waals surface area contributed by atoms with E-state index in [0.29, 0.717) is 18.9 Å². The molecule has 0 aromatic carbocycles. The first kappa shape index (κ1) is 15.7. The molecule has 1 aliphatic heterocycles. The zero-order valence-electron chi connectivity index (χ0n) is 13.5. The molecule has 1 fully saturated rings. The van der Waals surface area contributed by atoms with E-state index >= 15 is 0 Å². The summed E-state index contributed by atoms with van der Waals surface area (Å²) in [7, 11) is 0. The number of hydrogen-bond donors (Lipinski definition) is 0. The van der Waals surface area contributed by atoms with Crippen molar-refractivity contribution in [3.8, 4) is 0 Å². The van der Waals surface area contributed by atoms with Crippen LogP contribution in [0.15, 0.2) is 47.3 Å². The summed E-state index contributed by atoms with van der Waals surface area (Å²) < 4.78 is 5.28. The van der Waals surface area contributed by atoms with E-state index in [9.17, 15) is 4.79 Å². The second-order valence-corrected chi connectivity index (χ2v) is 5.96. The molecule has 1 atom stereocenters. The van der Waals surface area contributed by atoms with Gasteiger partial charge in [0.2, 0.25) is 5.91 Å². The van der Waals surface area contributed by atoms with Crippen molar-refractivity contribution in [2.24, 2.45) is 0 Å². The number of rotatable bonds is 5. The number of aryl methyl sites for hydroxylation is 1. The number of carbonyl (C=O) groups is 1. The average molecular weight is 313 g/mol. The number of amides is 1. The maximum atomic E-state index is 12.3. The summed E-state index contributed by atoms with van der Waals surface area (Å²) in [5.74, 6) is 1.09. The van der Waals surface area contributed by atoms with E-state index in [1.807, 2.05) is 29.3 Å². The van der Waals surface area contributed by atoms with Gasteiger partial charge < -0.3 is 9.32 Å². The molecular formula is C18H23N3O2. The molecule has 1 saturated heterocycles. The number of nitrogens with zero attached hydrogens (tertiary/aromatic N) is 3. The van der Waals surface area contributed by atoms with Gasteiger partial charge in [-0.25, -0.2) is 0 Å². The third kappa shape index (κ3) is 3.99. The molecule has 0 spiro atoms. The number of pyridine rings is 1. The fourth-order valence-corrected chi connectivity index (χ4v) is 3.04. The molecule has 2 aromatic rings. The molecule has 2 aromatic heterocycles. The minimum absolute atomic E-state index is 0.218. The zero-order chi connectivity index (χ0) is 16.1. The van der Waals surface area contributed by atoms with Crippen molar-refractivity contribution in [1.29, 1.82) is 0 Å². The third-order valence-electron chi connectivity index (χ3n) is 4.55. The van der Waals surface area contributed by atoms with Crippen LogP contribution in [0.4, 0.5) is 0 Å². The van der Waals surface area contributed by atoms with Gasteiger partial charge in [-0.15, -0.1) is 0 Å². The Labute approximate surface area is 136 Å². The maximum Gasteiger partial charge on any atom is 0.223 e. The summed E-state index contributed by atoms with van der Waals surface area (Å²) in [4.78, 5) is 20.9. The highest BCUT2D eigenvalue weighted by atomic mass is 16.3. The zero-order valence-corrected chi connectivity index (χ0v) is 13.5. The second-order valence-electron chi connectivity index (χ2n) is 5.96. The predicted octanol–water partition coefficient (Wildman–Crippen LogP) is 2.51. The normalized spacial score (nSPS) is 17.2. The van der Waals surface area contributed by atoms with Crippen LogP contribution in [0.3, 0.4) is 0 Å². The van der Waals surface area contributed by atoms with Crippen LogP contribution in [0.5, 0.6) is 0 Å². The van der Waals surface area contributed by atoms with Gasteiger partial charge in [0.05, 0.1) is 6.26 Å². The Morgan fingerprint density at radius 2 is 2.09 bits per heavy atom. The number of hydrogen-bond acceptors (Lipinski definition) is 4. The van der Waals surface area contributed by atoms with Crippen molar-refractivity contribution in [3.05, 3.63) is 54.2 Å². The highest BCUT2D eigenvalue weighted by Crippen LogP contribution is 2.21. The van der Waals surface area contributed by atoms with Crippen LogP contribution >= 0.6 is 0 Å². The molecule has 5 nitrogen and oxygen atoms in total. The van der Waals surface area contributed by atoms with Gasteiger partial charge in [-0.1, -0.05) is 6.07 Å². The molecule has 0 N–H and O–H groups in total. The van der Waals surface area contributed by atoms with Crippen LogP contribution in [0.25, 0.3) is 0 Å². The molecule has 23 heavy (non-hydrogen) atoms. The van der Waals surface area contributed by atoms with E-state index in [-0.39, 0.29) is 5.91 Å². The van der Waals surface area contributed by atoms with Crippen molar-refractivity contribution < 1.29 is 9.21 Å². The quantitative estimate of drug-likeness (QED) is 0.851. The van der Waals surface area contributed by atoms with Gasteiger partial charge in [0.1, 0.15) is 5.76 Å². The van der Waals surface area contributed by atoms with Gasteiger partial charge in [-0.2, -0.15) is 0 Å². The summed E-state index contributed by atoms with van der Waals surface area (Å²) in [5, 5.41) is 0. The van der Waals surface area contributed by atoms with Crippen LogP contribution < -0.4 is 0 Å². The molecular weight excluding hydrogens is 290 g/mol. The lowest BCUT2D eigenvalue weighted by Gasteiger charge is -2.38. The van der Waals surface area contributed by atoms with E-state index in [0.717, 1.165) is 31.9 Å². The van der Waals surface area contributed by atoms with Crippen molar-refractivity contribution in [1.82, 2.24) is 14.8 Å². The Kier molecular flexibility index (Phi) is 5.08. The van der Waals surface area contributed by atoms with Crippen LogP contribution in [-0.2, 0) is 11.2 Å². The molecule has 0 aliphatic carbocycles. The lowest BCUT2D eigenvalue weighted by atomic mass is 10.1. The van der Waals surface area contributed by atoms with E-state index in [2.05, 4.69) is 22.9 Å². The number of aromatic nitrogens is 1. The molecule has 0 radical (unpaired) electrons.